The van der Waals surface area contributed by atoms with Crippen molar-refractivity contribution < 1.29 is 19.1 Å². The number of ether oxygens (including phenoxy) is 1. The fourth-order valence-electron chi connectivity index (χ4n) is 3.01. The van der Waals surface area contributed by atoms with Gasteiger partial charge < -0.3 is 4.74 Å². The Morgan fingerprint density at radius 3 is 2.11 bits per heavy atom. The number of rotatable bonds is 9. The topological polar surface area (TPSA) is 60.4 Å². The molecular weight excluding hydrogens is 340 g/mol. The summed E-state index contributed by atoms with van der Waals surface area (Å²) in [7, 11) is 0. The molecule has 4 nitrogen and oxygen atoms in total. The Morgan fingerprint density at radius 2 is 1.56 bits per heavy atom. The minimum absolute atomic E-state index is 0.0520. The van der Waals surface area contributed by atoms with Gasteiger partial charge in [0.15, 0.2) is 5.78 Å². The van der Waals surface area contributed by atoms with Crippen molar-refractivity contribution in [1.82, 2.24) is 0 Å². The number of allylic oxidation sites excluding steroid dienone is 1. The van der Waals surface area contributed by atoms with Crippen LogP contribution < -0.4 is 0 Å². The van der Waals surface area contributed by atoms with Crippen molar-refractivity contribution in [2.75, 3.05) is 6.61 Å². The first-order chi connectivity index (χ1) is 13.0. The molecule has 0 N–H and O–H groups in total. The molecule has 0 aliphatic rings. The van der Waals surface area contributed by atoms with E-state index in [1.54, 1.807) is 13.0 Å². The third kappa shape index (κ3) is 6.03. The summed E-state index contributed by atoms with van der Waals surface area (Å²) in [4.78, 5) is 37.2. The van der Waals surface area contributed by atoms with Crippen LogP contribution in [0.2, 0.25) is 0 Å². The molecule has 0 bridgehead atoms. The summed E-state index contributed by atoms with van der Waals surface area (Å²) in [6.07, 6.45) is 3.28. The molecule has 0 aliphatic heterocycles. The highest BCUT2D eigenvalue weighted by Gasteiger charge is 2.35. The van der Waals surface area contributed by atoms with Crippen LogP contribution in [0.3, 0.4) is 0 Å². The van der Waals surface area contributed by atoms with Crippen molar-refractivity contribution in [3.8, 4) is 0 Å². The SMILES string of the molecule is CCOC(=O)C(C(C)=O)C(CC(=O)/C=C/c1ccccc1)c1ccccc1. The van der Waals surface area contributed by atoms with Crippen LogP contribution in [-0.2, 0) is 19.1 Å². The quantitative estimate of drug-likeness (QED) is 0.380. The third-order valence-electron chi connectivity index (χ3n) is 4.29. The Morgan fingerprint density at radius 1 is 0.963 bits per heavy atom. The molecule has 2 unspecified atom stereocenters. The van der Waals surface area contributed by atoms with Gasteiger partial charge in [-0.2, -0.15) is 0 Å². The number of Topliss-reactive ketones (excluding diaryl/α,β-unsaturated/α-hetero) is 1. The molecule has 4 heteroatoms. The van der Waals surface area contributed by atoms with Crippen LogP contribution in [-0.4, -0.2) is 24.1 Å². The highest BCUT2D eigenvalue weighted by atomic mass is 16.5. The molecule has 0 heterocycles. The second kappa shape index (κ2) is 10.2. The van der Waals surface area contributed by atoms with Gasteiger partial charge in [-0.25, -0.2) is 0 Å². The van der Waals surface area contributed by atoms with Crippen molar-refractivity contribution in [1.29, 1.82) is 0 Å². The van der Waals surface area contributed by atoms with Gasteiger partial charge in [-0.3, -0.25) is 14.4 Å². The van der Waals surface area contributed by atoms with E-state index in [9.17, 15) is 14.4 Å². The average molecular weight is 364 g/mol. The number of carbonyl (C=O) groups is 3. The highest BCUT2D eigenvalue weighted by Crippen LogP contribution is 2.30. The molecule has 27 heavy (non-hydrogen) atoms. The monoisotopic (exact) mass is 364 g/mol. The normalized spacial score (nSPS) is 13.1. The molecule has 0 saturated carbocycles. The zero-order valence-corrected chi connectivity index (χ0v) is 15.6. The Balaban J connectivity index is 2.27. The zero-order chi connectivity index (χ0) is 19.6. The van der Waals surface area contributed by atoms with Crippen molar-refractivity contribution in [2.24, 2.45) is 5.92 Å². The fourth-order valence-corrected chi connectivity index (χ4v) is 3.01. The smallest absolute Gasteiger partial charge is 0.317 e. The molecule has 2 atom stereocenters. The van der Waals surface area contributed by atoms with E-state index < -0.39 is 17.8 Å². The Kier molecular flexibility index (Phi) is 7.68. The number of benzene rings is 2. The van der Waals surface area contributed by atoms with Gasteiger partial charge in [0.25, 0.3) is 0 Å². The summed E-state index contributed by atoms with van der Waals surface area (Å²) < 4.78 is 5.09. The summed E-state index contributed by atoms with van der Waals surface area (Å²) in [5, 5.41) is 0. The average Bonchev–Trinajstić information content (AvgIpc) is 2.67. The molecule has 0 spiro atoms. The lowest BCUT2D eigenvalue weighted by Crippen LogP contribution is -2.31. The van der Waals surface area contributed by atoms with Crippen LogP contribution in [0.4, 0.5) is 0 Å². The summed E-state index contributed by atoms with van der Waals surface area (Å²) >= 11 is 0. The van der Waals surface area contributed by atoms with E-state index in [-0.39, 0.29) is 24.6 Å². The van der Waals surface area contributed by atoms with E-state index in [4.69, 9.17) is 4.74 Å². The number of carbonyl (C=O) groups excluding carboxylic acids is 3. The Hall–Kier alpha value is -3.01. The van der Waals surface area contributed by atoms with Crippen LogP contribution in [0.5, 0.6) is 0 Å². The maximum Gasteiger partial charge on any atom is 0.317 e. The third-order valence-corrected chi connectivity index (χ3v) is 4.29. The van der Waals surface area contributed by atoms with Crippen LogP contribution in [0, 0.1) is 5.92 Å². The standard InChI is InChI=1S/C23H24O4/c1-3-27-23(26)22(17(2)24)21(19-12-8-5-9-13-19)16-20(25)15-14-18-10-6-4-7-11-18/h4-15,21-22H,3,16H2,1-2H3/b15-14+. The second-order valence-electron chi connectivity index (χ2n) is 6.27. The Labute approximate surface area is 159 Å². The molecule has 0 aliphatic carbocycles. The lowest BCUT2D eigenvalue weighted by Gasteiger charge is -2.23. The molecule has 140 valence electrons. The molecule has 2 rings (SSSR count). The lowest BCUT2D eigenvalue weighted by molar-refractivity contribution is -0.152. The van der Waals surface area contributed by atoms with Crippen LogP contribution in [0.15, 0.2) is 66.7 Å². The van der Waals surface area contributed by atoms with E-state index >= 15 is 0 Å². The minimum atomic E-state index is -0.999. The second-order valence-corrected chi connectivity index (χ2v) is 6.27. The first-order valence-electron chi connectivity index (χ1n) is 9.01. The van der Waals surface area contributed by atoms with Crippen molar-refractivity contribution >= 4 is 23.6 Å². The predicted molar refractivity (Wildman–Crippen MR) is 105 cm³/mol. The van der Waals surface area contributed by atoms with Gasteiger partial charge in [-0.1, -0.05) is 66.7 Å². The number of hydrogen-bond acceptors (Lipinski definition) is 4. The molecule has 0 aromatic heterocycles. The lowest BCUT2D eigenvalue weighted by atomic mass is 9.80. The molecule has 0 radical (unpaired) electrons. The van der Waals surface area contributed by atoms with E-state index in [1.807, 2.05) is 60.7 Å². The molecule has 2 aromatic rings. The van der Waals surface area contributed by atoms with Crippen molar-refractivity contribution in [3.05, 3.63) is 77.9 Å². The van der Waals surface area contributed by atoms with Crippen LogP contribution in [0.25, 0.3) is 6.08 Å². The number of esters is 1. The van der Waals surface area contributed by atoms with Crippen LogP contribution in [0.1, 0.15) is 37.3 Å². The summed E-state index contributed by atoms with van der Waals surface area (Å²) in [5.41, 5.74) is 1.68. The van der Waals surface area contributed by atoms with Crippen LogP contribution >= 0.6 is 0 Å². The van der Waals surface area contributed by atoms with Gasteiger partial charge in [0.05, 0.1) is 6.61 Å². The Bertz CT molecular complexity index is 794. The van der Waals surface area contributed by atoms with Gasteiger partial charge in [0, 0.05) is 12.3 Å². The molecule has 0 fully saturated rings. The fraction of sp³-hybridized carbons (Fsp3) is 0.261. The van der Waals surface area contributed by atoms with E-state index in [0.29, 0.717) is 0 Å². The number of ketones is 2. The van der Waals surface area contributed by atoms with Gasteiger partial charge >= 0.3 is 5.97 Å². The van der Waals surface area contributed by atoms with Crippen molar-refractivity contribution in [2.45, 2.75) is 26.2 Å². The minimum Gasteiger partial charge on any atom is -0.465 e. The van der Waals surface area contributed by atoms with E-state index in [1.165, 1.54) is 13.0 Å². The van der Waals surface area contributed by atoms with Gasteiger partial charge in [-0.05, 0) is 31.1 Å². The predicted octanol–water partition coefficient (Wildman–Crippen LogP) is 4.21. The van der Waals surface area contributed by atoms with Gasteiger partial charge in [0.2, 0.25) is 0 Å². The summed E-state index contributed by atoms with van der Waals surface area (Å²) in [6.45, 7) is 3.24. The molecular formula is C23H24O4. The van der Waals surface area contributed by atoms with E-state index in [2.05, 4.69) is 0 Å². The van der Waals surface area contributed by atoms with E-state index in [0.717, 1.165) is 11.1 Å². The molecule has 0 saturated heterocycles. The maximum absolute atomic E-state index is 12.6. The number of hydrogen-bond donors (Lipinski definition) is 0. The first-order valence-corrected chi connectivity index (χ1v) is 9.01. The first kappa shape index (κ1) is 20.3. The maximum atomic E-state index is 12.6. The molecule has 2 aromatic carbocycles. The summed E-state index contributed by atoms with van der Waals surface area (Å²) in [5.74, 6) is -2.60. The molecule has 0 amide bonds. The highest BCUT2D eigenvalue weighted by molar-refractivity contribution is 6.01. The largest absolute Gasteiger partial charge is 0.465 e. The van der Waals surface area contributed by atoms with Gasteiger partial charge in [0.1, 0.15) is 11.7 Å². The summed E-state index contributed by atoms with van der Waals surface area (Å²) in [6, 6.07) is 18.6. The van der Waals surface area contributed by atoms with Crippen molar-refractivity contribution in [3.63, 3.8) is 0 Å². The van der Waals surface area contributed by atoms with Gasteiger partial charge in [-0.15, -0.1) is 0 Å². The zero-order valence-electron chi connectivity index (χ0n) is 15.6.